The van der Waals surface area contributed by atoms with Crippen LogP contribution in [0.1, 0.15) is 15.9 Å². The van der Waals surface area contributed by atoms with Gasteiger partial charge >= 0.3 is 0 Å². The van der Waals surface area contributed by atoms with Crippen LogP contribution < -0.4 is 5.32 Å². The summed E-state index contributed by atoms with van der Waals surface area (Å²) in [5, 5.41) is 3.94. The molecule has 4 aromatic rings. The van der Waals surface area contributed by atoms with Crippen LogP contribution in [-0.2, 0) is 6.42 Å². The fourth-order valence-electron chi connectivity index (χ4n) is 2.98. The predicted molar refractivity (Wildman–Crippen MR) is 105 cm³/mol. The molecule has 0 bridgehead atoms. The predicted octanol–water partition coefficient (Wildman–Crippen LogP) is 3.66. The number of hydrogen-bond donors (Lipinski definition) is 1. The maximum atomic E-state index is 12.3. The topological polar surface area (TPSA) is 67.8 Å². The van der Waals surface area contributed by atoms with Crippen LogP contribution >= 0.6 is 0 Å². The van der Waals surface area contributed by atoms with E-state index in [9.17, 15) is 4.79 Å². The third-order valence-electron chi connectivity index (χ3n) is 4.37. The summed E-state index contributed by atoms with van der Waals surface area (Å²) in [5.74, 6) is -0.0852. The number of carbonyl (C=O) groups excluding carboxylic acids is 1. The second kappa shape index (κ2) is 7.74. The lowest BCUT2D eigenvalue weighted by atomic mass is 10.0. The summed E-state index contributed by atoms with van der Waals surface area (Å²) in [5.41, 5.74) is 4.46. The largest absolute Gasteiger partial charge is 0.352 e. The summed E-state index contributed by atoms with van der Waals surface area (Å²) in [6.07, 6.45) is 7.83. The lowest BCUT2D eigenvalue weighted by molar-refractivity contribution is 0.0954. The second-order valence-electron chi connectivity index (χ2n) is 6.17. The Hall–Kier alpha value is -3.60. The number of aromatic nitrogens is 3. The molecule has 0 aliphatic carbocycles. The average molecular weight is 354 g/mol. The Morgan fingerprint density at radius 3 is 2.56 bits per heavy atom. The van der Waals surface area contributed by atoms with Crippen LogP contribution in [0.4, 0.5) is 0 Å². The molecule has 0 saturated heterocycles. The molecule has 0 atom stereocenters. The van der Waals surface area contributed by atoms with Crippen LogP contribution in [-0.4, -0.2) is 27.4 Å². The van der Waals surface area contributed by atoms with Crippen molar-refractivity contribution in [1.29, 1.82) is 0 Å². The minimum atomic E-state index is -0.0852. The zero-order chi connectivity index (χ0) is 18.5. The first-order valence-corrected chi connectivity index (χ1v) is 8.78. The summed E-state index contributed by atoms with van der Waals surface area (Å²) >= 11 is 0. The number of hydrogen-bond acceptors (Lipinski definition) is 4. The number of nitrogens with zero attached hydrogens (tertiary/aromatic N) is 3. The molecule has 0 saturated carbocycles. The van der Waals surface area contributed by atoms with Crippen LogP contribution in [0.15, 0.2) is 79.4 Å². The molecule has 0 radical (unpaired) electrons. The van der Waals surface area contributed by atoms with Crippen LogP contribution in [0.25, 0.3) is 22.2 Å². The number of nitrogens with one attached hydrogen (secondary N) is 1. The molecule has 3 heterocycles. The molecule has 4 rings (SSSR count). The van der Waals surface area contributed by atoms with Crippen molar-refractivity contribution in [1.82, 2.24) is 20.3 Å². The first-order chi connectivity index (χ1) is 13.3. The van der Waals surface area contributed by atoms with E-state index in [1.54, 1.807) is 18.6 Å². The molecule has 5 heteroatoms. The number of carbonyl (C=O) groups is 1. The van der Waals surface area contributed by atoms with E-state index in [4.69, 9.17) is 0 Å². The van der Waals surface area contributed by atoms with Gasteiger partial charge in [-0.25, -0.2) is 0 Å². The van der Waals surface area contributed by atoms with E-state index in [2.05, 4.69) is 20.3 Å². The van der Waals surface area contributed by atoms with Gasteiger partial charge in [0.1, 0.15) is 0 Å². The Balaban J connectivity index is 1.46. The van der Waals surface area contributed by atoms with Gasteiger partial charge in [-0.05, 0) is 48.4 Å². The molecule has 5 nitrogen and oxygen atoms in total. The van der Waals surface area contributed by atoms with E-state index < -0.39 is 0 Å². The normalized spacial score (nSPS) is 10.7. The molecule has 27 heavy (non-hydrogen) atoms. The Kier molecular flexibility index (Phi) is 4.83. The van der Waals surface area contributed by atoms with Crippen molar-refractivity contribution < 1.29 is 4.79 Å². The molecular formula is C22H18N4O. The Morgan fingerprint density at radius 1 is 0.889 bits per heavy atom. The molecule has 0 unspecified atom stereocenters. The minimum absolute atomic E-state index is 0.0852. The van der Waals surface area contributed by atoms with Crippen molar-refractivity contribution in [2.75, 3.05) is 6.54 Å². The molecule has 0 spiro atoms. The zero-order valence-electron chi connectivity index (χ0n) is 14.7. The number of pyridine rings is 3. The second-order valence-corrected chi connectivity index (χ2v) is 6.17. The summed E-state index contributed by atoms with van der Waals surface area (Å²) in [6.45, 7) is 0.572. The van der Waals surface area contributed by atoms with Crippen LogP contribution in [0.5, 0.6) is 0 Å². The first kappa shape index (κ1) is 16.8. The van der Waals surface area contributed by atoms with Crippen molar-refractivity contribution in [3.8, 4) is 11.3 Å². The molecule has 1 aromatic carbocycles. The van der Waals surface area contributed by atoms with Gasteiger partial charge in [-0.1, -0.05) is 18.2 Å². The molecule has 1 N–H and O–H groups in total. The van der Waals surface area contributed by atoms with Gasteiger partial charge in [0.25, 0.3) is 5.91 Å². The highest BCUT2D eigenvalue weighted by Gasteiger charge is 2.08. The highest BCUT2D eigenvalue weighted by molar-refractivity contribution is 5.96. The minimum Gasteiger partial charge on any atom is -0.352 e. The van der Waals surface area contributed by atoms with Crippen LogP contribution in [0, 0.1) is 0 Å². The third kappa shape index (κ3) is 3.82. The van der Waals surface area contributed by atoms with Gasteiger partial charge in [0.2, 0.25) is 0 Å². The van der Waals surface area contributed by atoms with E-state index in [1.807, 2.05) is 60.8 Å². The fourth-order valence-corrected chi connectivity index (χ4v) is 2.98. The standard InChI is InChI=1S/C22H18N4O/c27-22(26-13-9-16-3-1-11-23-15-16)18-7-5-17(6-8-18)21-19-4-2-12-24-20(19)10-14-25-21/h1-8,10-12,14-15H,9,13H2,(H,26,27). The van der Waals surface area contributed by atoms with Gasteiger partial charge < -0.3 is 5.32 Å². The summed E-state index contributed by atoms with van der Waals surface area (Å²) in [4.78, 5) is 25.3. The average Bonchev–Trinajstić information content (AvgIpc) is 2.74. The van der Waals surface area contributed by atoms with Gasteiger partial charge in [0, 0.05) is 47.8 Å². The quantitative estimate of drug-likeness (QED) is 0.594. The summed E-state index contributed by atoms with van der Waals surface area (Å²) in [6, 6.07) is 17.2. The van der Waals surface area contributed by atoms with Crippen molar-refractivity contribution in [3.63, 3.8) is 0 Å². The van der Waals surface area contributed by atoms with E-state index in [0.717, 1.165) is 34.1 Å². The Morgan fingerprint density at radius 2 is 1.74 bits per heavy atom. The molecule has 0 aliphatic heterocycles. The Labute approximate surface area is 157 Å². The van der Waals surface area contributed by atoms with E-state index in [-0.39, 0.29) is 5.91 Å². The lowest BCUT2D eigenvalue weighted by Crippen LogP contribution is -2.25. The molecule has 1 amide bonds. The van der Waals surface area contributed by atoms with Crippen molar-refractivity contribution in [2.45, 2.75) is 6.42 Å². The third-order valence-corrected chi connectivity index (χ3v) is 4.37. The molecule has 132 valence electrons. The number of benzene rings is 1. The lowest BCUT2D eigenvalue weighted by Gasteiger charge is -2.08. The van der Waals surface area contributed by atoms with Gasteiger partial charge in [0.15, 0.2) is 0 Å². The van der Waals surface area contributed by atoms with Crippen LogP contribution in [0.3, 0.4) is 0 Å². The summed E-state index contributed by atoms with van der Waals surface area (Å²) < 4.78 is 0. The smallest absolute Gasteiger partial charge is 0.251 e. The Bertz CT molecular complexity index is 1060. The molecule has 3 aromatic heterocycles. The highest BCUT2D eigenvalue weighted by atomic mass is 16.1. The van der Waals surface area contributed by atoms with Gasteiger partial charge in [-0.15, -0.1) is 0 Å². The van der Waals surface area contributed by atoms with Crippen molar-refractivity contribution >= 4 is 16.8 Å². The molecular weight excluding hydrogens is 336 g/mol. The van der Waals surface area contributed by atoms with Crippen molar-refractivity contribution in [2.24, 2.45) is 0 Å². The monoisotopic (exact) mass is 354 g/mol. The fraction of sp³-hybridized carbons (Fsp3) is 0.0909. The van der Waals surface area contributed by atoms with Crippen LogP contribution in [0.2, 0.25) is 0 Å². The first-order valence-electron chi connectivity index (χ1n) is 8.78. The van der Waals surface area contributed by atoms with E-state index in [0.29, 0.717) is 12.1 Å². The highest BCUT2D eigenvalue weighted by Crippen LogP contribution is 2.25. The summed E-state index contributed by atoms with van der Waals surface area (Å²) in [7, 11) is 0. The number of amides is 1. The molecule has 0 fully saturated rings. The van der Waals surface area contributed by atoms with Gasteiger partial charge in [-0.3, -0.25) is 19.7 Å². The van der Waals surface area contributed by atoms with E-state index >= 15 is 0 Å². The molecule has 0 aliphatic rings. The van der Waals surface area contributed by atoms with Gasteiger partial charge in [0.05, 0.1) is 11.2 Å². The number of rotatable bonds is 5. The van der Waals surface area contributed by atoms with Crippen molar-refractivity contribution in [3.05, 3.63) is 90.5 Å². The number of fused-ring (bicyclic) bond motifs is 1. The van der Waals surface area contributed by atoms with E-state index in [1.165, 1.54) is 0 Å². The maximum absolute atomic E-state index is 12.3. The maximum Gasteiger partial charge on any atom is 0.251 e. The van der Waals surface area contributed by atoms with Gasteiger partial charge in [-0.2, -0.15) is 0 Å². The zero-order valence-corrected chi connectivity index (χ0v) is 14.7. The SMILES string of the molecule is O=C(NCCc1cccnc1)c1ccc(-c2nccc3ncccc23)cc1.